The van der Waals surface area contributed by atoms with Crippen molar-refractivity contribution in [3.8, 4) is 17.2 Å². The first-order chi connectivity index (χ1) is 10.7. The lowest BCUT2D eigenvalue weighted by atomic mass is 10.2. The second kappa shape index (κ2) is 9.83. The summed E-state index contributed by atoms with van der Waals surface area (Å²) in [4.78, 5) is 0. The fraction of sp³-hybridized carbons (Fsp3) is 0.467. The summed E-state index contributed by atoms with van der Waals surface area (Å²) in [6, 6.07) is 3.53. The number of hydrazone groups is 1. The normalized spacial score (nSPS) is 10.4. The molecule has 1 aromatic carbocycles. The lowest BCUT2D eigenvalue weighted by Crippen LogP contribution is -2.32. The Balaban J connectivity index is 2.79. The molecular weight excluding hydrogens is 302 g/mol. The summed E-state index contributed by atoms with van der Waals surface area (Å²) in [6.45, 7) is 2.95. The van der Waals surface area contributed by atoms with E-state index in [4.69, 9.17) is 26.4 Å². The van der Waals surface area contributed by atoms with E-state index in [1.54, 1.807) is 39.7 Å². The van der Waals surface area contributed by atoms with Gasteiger partial charge in [0.15, 0.2) is 5.11 Å². The highest BCUT2D eigenvalue weighted by Crippen LogP contribution is 2.32. The largest absolute Gasteiger partial charge is 0.496 e. The fourth-order valence-corrected chi connectivity index (χ4v) is 1.89. The topological polar surface area (TPSA) is 64.1 Å². The quantitative estimate of drug-likeness (QED) is 0.331. The molecule has 1 aromatic rings. The molecule has 0 amide bonds. The second-order valence-electron chi connectivity index (χ2n) is 4.43. The first kappa shape index (κ1) is 18.0. The van der Waals surface area contributed by atoms with Gasteiger partial charge < -0.3 is 19.5 Å². The molecule has 0 heterocycles. The van der Waals surface area contributed by atoms with E-state index < -0.39 is 0 Å². The van der Waals surface area contributed by atoms with Gasteiger partial charge in [0.05, 0.1) is 33.1 Å². The van der Waals surface area contributed by atoms with Gasteiger partial charge in [-0.25, -0.2) is 0 Å². The fourth-order valence-electron chi connectivity index (χ4n) is 1.73. The zero-order valence-electron chi connectivity index (χ0n) is 13.4. The number of nitrogens with one attached hydrogen (secondary N) is 2. The molecule has 7 heteroatoms. The zero-order valence-corrected chi connectivity index (χ0v) is 14.3. The van der Waals surface area contributed by atoms with Gasteiger partial charge in [0.1, 0.15) is 17.2 Å². The van der Waals surface area contributed by atoms with E-state index in [1.165, 1.54) is 0 Å². The summed E-state index contributed by atoms with van der Waals surface area (Å²) in [5.41, 5.74) is 3.47. The van der Waals surface area contributed by atoms with Crippen LogP contribution >= 0.6 is 12.2 Å². The monoisotopic (exact) mass is 325 g/mol. The third-order valence-electron chi connectivity index (χ3n) is 2.93. The Kier molecular flexibility index (Phi) is 8.06. The average Bonchev–Trinajstić information content (AvgIpc) is 2.54. The summed E-state index contributed by atoms with van der Waals surface area (Å²) >= 11 is 5.13. The van der Waals surface area contributed by atoms with Gasteiger partial charge in [0.2, 0.25) is 0 Å². The van der Waals surface area contributed by atoms with E-state index in [1.807, 2.05) is 0 Å². The Morgan fingerprint density at radius 3 is 2.32 bits per heavy atom. The van der Waals surface area contributed by atoms with Gasteiger partial charge in [-0.15, -0.1) is 0 Å². The highest BCUT2D eigenvalue weighted by Gasteiger charge is 2.11. The molecule has 0 fully saturated rings. The molecule has 0 bridgehead atoms. The van der Waals surface area contributed by atoms with Crippen LogP contribution in [0, 0.1) is 0 Å². The minimum absolute atomic E-state index is 0.483. The maximum atomic E-state index is 5.34. The predicted molar refractivity (Wildman–Crippen MR) is 92.3 cm³/mol. The molecule has 0 aliphatic rings. The molecule has 0 unspecified atom stereocenters. The van der Waals surface area contributed by atoms with Crippen LogP contribution in [-0.4, -0.2) is 39.2 Å². The van der Waals surface area contributed by atoms with Crippen LogP contribution in [0.3, 0.4) is 0 Å². The lowest BCUT2D eigenvalue weighted by Gasteiger charge is -2.12. The van der Waals surface area contributed by atoms with Crippen molar-refractivity contribution in [2.24, 2.45) is 5.10 Å². The summed E-state index contributed by atoms with van der Waals surface area (Å²) in [5, 5.41) is 7.67. The Morgan fingerprint density at radius 2 is 1.82 bits per heavy atom. The summed E-state index contributed by atoms with van der Waals surface area (Å²) in [7, 11) is 4.75. The van der Waals surface area contributed by atoms with Crippen LogP contribution in [0.2, 0.25) is 0 Å². The van der Waals surface area contributed by atoms with Gasteiger partial charge in [0, 0.05) is 18.7 Å². The lowest BCUT2D eigenvalue weighted by molar-refractivity contribution is 0.374. The average molecular weight is 325 g/mol. The summed E-state index contributed by atoms with van der Waals surface area (Å²) in [5.74, 6) is 1.86. The number of unbranched alkanes of at least 4 members (excludes halogenated alkanes) is 1. The second-order valence-corrected chi connectivity index (χ2v) is 4.83. The molecular formula is C15H23N3O3S. The SMILES string of the molecule is CCCCNC(=S)N/N=C\c1c(OC)cc(OC)cc1OC. The first-order valence-electron chi connectivity index (χ1n) is 7.03. The van der Waals surface area contributed by atoms with E-state index in [0.717, 1.165) is 19.4 Å². The van der Waals surface area contributed by atoms with Crippen molar-refractivity contribution in [2.75, 3.05) is 27.9 Å². The molecule has 22 heavy (non-hydrogen) atoms. The van der Waals surface area contributed by atoms with Crippen molar-refractivity contribution in [3.63, 3.8) is 0 Å². The molecule has 0 saturated carbocycles. The molecule has 0 aliphatic carbocycles. The van der Waals surface area contributed by atoms with Gasteiger partial charge in [-0.3, -0.25) is 5.43 Å². The van der Waals surface area contributed by atoms with Gasteiger partial charge in [-0.2, -0.15) is 5.10 Å². The van der Waals surface area contributed by atoms with Gasteiger partial charge in [0.25, 0.3) is 0 Å². The molecule has 0 aromatic heterocycles. The minimum Gasteiger partial charge on any atom is -0.496 e. The van der Waals surface area contributed by atoms with E-state index in [9.17, 15) is 0 Å². The molecule has 1 rings (SSSR count). The Morgan fingerprint density at radius 1 is 1.18 bits per heavy atom. The van der Waals surface area contributed by atoms with Crippen LogP contribution in [0.1, 0.15) is 25.3 Å². The van der Waals surface area contributed by atoms with Crippen molar-refractivity contribution in [1.29, 1.82) is 0 Å². The highest BCUT2D eigenvalue weighted by atomic mass is 32.1. The van der Waals surface area contributed by atoms with E-state index >= 15 is 0 Å². The minimum atomic E-state index is 0.483. The van der Waals surface area contributed by atoms with E-state index in [0.29, 0.717) is 27.9 Å². The molecule has 0 atom stereocenters. The number of thiocarbonyl (C=S) groups is 1. The van der Waals surface area contributed by atoms with E-state index in [2.05, 4.69) is 22.8 Å². The third kappa shape index (κ3) is 5.40. The van der Waals surface area contributed by atoms with Gasteiger partial charge in [-0.1, -0.05) is 13.3 Å². The standard InChI is InChI=1S/C15H23N3O3S/c1-5-6-7-16-15(22)18-17-10-12-13(20-3)8-11(19-2)9-14(12)21-4/h8-10H,5-7H2,1-4H3,(H2,16,18,22)/b17-10-. The molecule has 122 valence electrons. The Hall–Kier alpha value is -2.02. The maximum Gasteiger partial charge on any atom is 0.186 e. The van der Waals surface area contributed by atoms with E-state index in [-0.39, 0.29) is 0 Å². The molecule has 0 spiro atoms. The van der Waals surface area contributed by atoms with Crippen LogP contribution in [0.5, 0.6) is 17.2 Å². The first-order valence-corrected chi connectivity index (χ1v) is 7.44. The molecule has 0 saturated heterocycles. The number of rotatable bonds is 8. The zero-order chi connectivity index (χ0) is 16.4. The van der Waals surface area contributed by atoms with Crippen LogP contribution in [0.25, 0.3) is 0 Å². The maximum absolute atomic E-state index is 5.34. The summed E-state index contributed by atoms with van der Waals surface area (Å²) < 4.78 is 15.9. The molecule has 0 radical (unpaired) electrons. The van der Waals surface area contributed by atoms with Crippen molar-refractivity contribution >= 4 is 23.5 Å². The van der Waals surface area contributed by atoms with Crippen LogP contribution in [0.15, 0.2) is 17.2 Å². The molecule has 0 aliphatic heterocycles. The van der Waals surface area contributed by atoms with Crippen LogP contribution < -0.4 is 25.0 Å². The number of benzene rings is 1. The number of nitrogens with zero attached hydrogens (tertiary/aromatic N) is 1. The van der Waals surface area contributed by atoms with Crippen molar-refractivity contribution < 1.29 is 14.2 Å². The van der Waals surface area contributed by atoms with Crippen molar-refractivity contribution in [1.82, 2.24) is 10.7 Å². The highest BCUT2D eigenvalue weighted by molar-refractivity contribution is 7.80. The molecule has 2 N–H and O–H groups in total. The number of ether oxygens (including phenoxy) is 3. The Labute approximate surface area is 136 Å². The van der Waals surface area contributed by atoms with Gasteiger partial charge >= 0.3 is 0 Å². The number of methoxy groups -OCH3 is 3. The smallest absolute Gasteiger partial charge is 0.186 e. The number of hydrogen-bond donors (Lipinski definition) is 2. The third-order valence-corrected chi connectivity index (χ3v) is 3.16. The Bertz CT molecular complexity index is 496. The summed E-state index contributed by atoms with van der Waals surface area (Å²) in [6.07, 6.45) is 3.77. The molecule has 6 nitrogen and oxygen atoms in total. The van der Waals surface area contributed by atoms with Crippen LogP contribution in [-0.2, 0) is 0 Å². The van der Waals surface area contributed by atoms with Crippen molar-refractivity contribution in [2.45, 2.75) is 19.8 Å². The van der Waals surface area contributed by atoms with Gasteiger partial charge in [-0.05, 0) is 18.6 Å². The number of hydrogen-bond acceptors (Lipinski definition) is 5. The predicted octanol–water partition coefficient (Wildman–Crippen LogP) is 2.31. The van der Waals surface area contributed by atoms with Crippen LogP contribution in [0.4, 0.5) is 0 Å². The van der Waals surface area contributed by atoms with Crippen molar-refractivity contribution in [3.05, 3.63) is 17.7 Å².